The van der Waals surface area contributed by atoms with Crippen molar-refractivity contribution in [3.63, 3.8) is 0 Å². The van der Waals surface area contributed by atoms with Crippen LogP contribution in [0.3, 0.4) is 0 Å². The Bertz CT molecular complexity index is 1210. The van der Waals surface area contributed by atoms with Crippen molar-refractivity contribution in [2.75, 3.05) is 27.6 Å². The highest BCUT2D eigenvalue weighted by atomic mass is 16.7. The summed E-state index contributed by atoms with van der Waals surface area (Å²) in [6, 6.07) is 7.68. The lowest BCUT2D eigenvalue weighted by molar-refractivity contribution is -0.141. The standard InChI is InChI=1S/C33H42O8/c1-4-5-6-7-8-9-10-11-12-13-29(34)41-32-27(36-2)16-22(17-28(32)37-3)30-24-18-26-25(39-20-40-26)15-21(24)14-23-19-38-33(35)31(23)30/h15-18,23,30-31H,4-14,19-20H2,1-3H3/t23-,30+,31-/m0/s1. The third kappa shape index (κ3) is 6.41. The van der Waals surface area contributed by atoms with E-state index in [1.54, 1.807) is 0 Å². The summed E-state index contributed by atoms with van der Waals surface area (Å²) in [6.07, 6.45) is 11.7. The Morgan fingerprint density at radius 1 is 0.854 bits per heavy atom. The summed E-state index contributed by atoms with van der Waals surface area (Å²) in [7, 11) is 3.08. The number of carbonyl (C=O) groups is 2. The van der Waals surface area contributed by atoms with Crippen molar-refractivity contribution in [1.29, 1.82) is 0 Å². The Kier molecular flexibility index (Phi) is 9.57. The quantitative estimate of drug-likeness (QED) is 0.141. The molecule has 41 heavy (non-hydrogen) atoms. The third-order valence-electron chi connectivity index (χ3n) is 8.57. The highest BCUT2D eigenvalue weighted by Gasteiger charge is 2.48. The van der Waals surface area contributed by atoms with Crippen molar-refractivity contribution in [3.8, 4) is 28.7 Å². The van der Waals surface area contributed by atoms with Gasteiger partial charge in [0, 0.05) is 18.3 Å². The summed E-state index contributed by atoms with van der Waals surface area (Å²) in [5.74, 6) is 1.28. The zero-order valence-electron chi connectivity index (χ0n) is 24.5. The van der Waals surface area contributed by atoms with Crippen LogP contribution in [0.2, 0.25) is 0 Å². The third-order valence-corrected chi connectivity index (χ3v) is 8.57. The predicted octanol–water partition coefficient (Wildman–Crippen LogP) is 6.74. The number of esters is 2. The van der Waals surface area contributed by atoms with Gasteiger partial charge in [-0.1, -0.05) is 58.3 Å². The maximum atomic E-state index is 13.0. The first kappa shape index (κ1) is 29.1. The first-order chi connectivity index (χ1) is 20.0. The number of unbranched alkanes of at least 4 members (excludes halogenated alkanes) is 8. The summed E-state index contributed by atoms with van der Waals surface area (Å²) >= 11 is 0. The molecule has 1 saturated heterocycles. The van der Waals surface area contributed by atoms with Crippen molar-refractivity contribution in [2.24, 2.45) is 11.8 Å². The lowest BCUT2D eigenvalue weighted by Gasteiger charge is -2.34. The van der Waals surface area contributed by atoms with Gasteiger partial charge in [0.15, 0.2) is 23.0 Å². The van der Waals surface area contributed by atoms with Gasteiger partial charge in [0.05, 0.1) is 26.7 Å². The van der Waals surface area contributed by atoms with Gasteiger partial charge in [0.1, 0.15) is 0 Å². The Labute approximate surface area is 242 Å². The van der Waals surface area contributed by atoms with Gasteiger partial charge in [0.25, 0.3) is 0 Å². The van der Waals surface area contributed by atoms with Gasteiger partial charge in [-0.15, -0.1) is 0 Å². The van der Waals surface area contributed by atoms with Gasteiger partial charge in [-0.25, -0.2) is 0 Å². The Hall–Kier alpha value is -3.42. The second-order valence-electron chi connectivity index (χ2n) is 11.3. The molecule has 0 amide bonds. The van der Waals surface area contributed by atoms with E-state index in [-0.39, 0.29) is 42.2 Å². The smallest absolute Gasteiger partial charge is 0.311 e. The molecule has 3 aliphatic rings. The average molecular weight is 567 g/mol. The van der Waals surface area contributed by atoms with E-state index in [1.807, 2.05) is 24.3 Å². The molecular weight excluding hydrogens is 524 g/mol. The van der Waals surface area contributed by atoms with Gasteiger partial charge in [-0.3, -0.25) is 9.59 Å². The lowest BCUT2D eigenvalue weighted by Crippen LogP contribution is -2.31. The van der Waals surface area contributed by atoms with E-state index in [4.69, 9.17) is 28.4 Å². The molecule has 0 bridgehead atoms. The minimum absolute atomic E-state index is 0.0474. The highest BCUT2D eigenvalue weighted by molar-refractivity contribution is 5.79. The molecular formula is C33H42O8. The zero-order valence-corrected chi connectivity index (χ0v) is 24.5. The molecule has 0 radical (unpaired) electrons. The van der Waals surface area contributed by atoms with Crippen molar-refractivity contribution < 1.29 is 38.0 Å². The molecule has 8 nitrogen and oxygen atoms in total. The van der Waals surface area contributed by atoms with Gasteiger partial charge in [-0.05, 0) is 53.8 Å². The molecule has 2 heterocycles. The minimum atomic E-state index is -0.350. The van der Waals surface area contributed by atoms with Gasteiger partial charge < -0.3 is 28.4 Å². The van der Waals surface area contributed by atoms with Gasteiger partial charge in [0.2, 0.25) is 12.5 Å². The summed E-state index contributed by atoms with van der Waals surface area (Å²) < 4.78 is 34.0. The maximum absolute atomic E-state index is 13.0. The Balaban J connectivity index is 1.31. The number of carbonyl (C=O) groups excluding carboxylic acids is 2. The van der Waals surface area contributed by atoms with Gasteiger partial charge >= 0.3 is 11.9 Å². The largest absolute Gasteiger partial charge is 0.493 e. The molecule has 5 rings (SSSR count). The molecule has 0 N–H and O–H groups in total. The average Bonchev–Trinajstić information content (AvgIpc) is 3.59. The predicted molar refractivity (Wildman–Crippen MR) is 153 cm³/mol. The van der Waals surface area contributed by atoms with Crippen LogP contribution in [0.15, 0.2) is 24.3 Å². The Morgan fingerprint density at radius 2 is 1.49 bits per heavy atom. The molecule has 0 spiro atoms. The number of hydrogen-bond donors (Lipinski definition) is 0. The maximum Gasteiger partial charge on any atom is 0.311 e. The van der Waals surface area contributed by atoms with Crippen LogP contribution in [0.4, 0.5) is 0 Å². The van der Waals surface area contributed by atoms with Gasteiger partial charge in [-0.2, -0.15) is 0 Å². The molecule has 222 valence electrons. The van der Waals surface area contributed by atoms with Crippen molar-refractivity contribution in [3.05, 3.63) is 41.0 Å². The zero-order chi connectivity index (χ0) is 28.8. The fraction of sp³-hybridized carbons (Fsp3) is 0.576. The van der Waals surface area contributed by atoms with Crippen LogP contribution in [0.5, 0.6) is 28.7 Å². The molecule has 3 atom stereocenters. The first-order valence-electron chi connectivity index (χ1n) is 15.1. The normalized spacial score (nSPS) is 20.3. The molecule has 2 aromatic carbocycles. The number of fused-ring (bicyclic) bond motifs is 3. The lowest BCUT2D eigenvalue weighted by atomic mass is 9.67. The van der Waals surface area contributed by atoms with Crippen LogP contribution < -0.4 is 23.7 Å². The molecule has 0 unspecified atom stereocenters. The van der Waals surface area contributed by atoms with E-state index < -0.39 is 0 Å². The number of ether oxygens (including phenoxy) is 6. The number of hydrogen-bond acceptors (Lipinski definition) is 8. The number of methoxy groups -OCH3 is 2. The molecule has 2 aliphatic heterocycles. The van der Waals surface area contributed by atoms with Crippen LogP contribution in [-0.2, 0) is 20.7 Å². The summed E-state index contributed by atoms with van der Waals surface area (Å²) in [5.41, 5.74) is 2.92. The molecule has 8 heteroatoms. The van der Waals surface area contributed by atoms with Crippen molar-refractivity contribution >= 4 is 11.9 Å². The second-order valence-corrected chi connectivity index (χ2v) is 11.3. The van der Waals surface area contributed by atoms with Crippen LogP contribution in [0, 0.1) is 11.8 Å². The van der Waals surface area contributed by atoms with E-state index in [0.717, 1.165) is 48.1 Å². The van der Waals surface area contributed by atoms with E-state index in [0.29, 0.717) is 30.3 Å². The SMILES string of the molecule is CCCCCCCCCCCC(=O)Oc1c(OC)cc([C@@H]2c3cc4c(cc3C[C@H]3COC(=O)[C@@H]32)OCO4)cc1OC. The van der Waals surface area contributed by atoms with E-state index in [2.05, 4.69) is 6.92 Å². The molecule has 0 aromatic heterocycles. The topological polar surface area (TPSA) is 89.5 Å². The second kappa shape index (κ2) is 13.5. The van der Waals surface area contributed by atoms with E-state index >= 15 is 0 Å². The van der Waals surface area contributed by atoms with Crippen LogP contribution >= 0.6 is 0 Å². The van der Waals surface area contributed by atoms with Crippen molar-refractivity contribution in [1.82, 2.24) is 0 Å². The first-order valence-corrected chi connectivity index (χ1v) is 15.1. The van der Waals surface area contributed by atoms with Crippen LogP contribution in [0.1, 0.15) is 93.7 Å². The van der Waals surface area contributed by atoms with E-state index in [1.165, 1.54) is 52.7 Å². The van der Waals surface area contributed by atoms with E-state index in [9.17, 15) is 9.59 Å². The minimum Gasteiger partial charge on any atom is -0.493 e. The van der Waals surface area contributed by atoms with Crippen molar-refractivity contribution in [2.45, 2.75) is 83.5 Å². The number of rotatable bonds is 14. The number of cyclic esters (lactones) is 1. The fourth-order valence-corrected chi connectivity index (χ4v) is 6.43. The van der Waals surface area contributed by atoms with Crippen LogP contribution in [-0.4, -0.2) is 39.6 Å². The van der Waals surface area contributed by atoms with Crippen LogP contribution in [0.25, 0.3) is 0 Å². The Morgan fingerprint density at radius 3 is 2.15 bits per heavy atom. The highest BCUT2D eigenvalue weighted by Crippen LogP contribution is 2.52. The number of benzene rings is 2. The molecule has 1 aliphatic carbocycles. The fourth-order valence-electron chi connectivity index (χ4n) is 6.43. The monoisotopic (exact) mass is 566 g/mol. The summed E-state index contributed by atoms with van der Waals surface area (Å²) in [5, 5.41) is 0. The molecule has 2 aromatic rings. The summed E-state index contributed by atoms with van der Waals surface area (Å²) in [6.45, 7) is 2.79. The molecule has 1 fully saturated rings. The molecule has 0 saturated carbocycles. The summed E-state index contributed by atoms with van der Waals surface area (Å²) in [4.78, 5) is 25.8.